The molecule has 0 spiro atoms. The van der Waals surface area contributed by atoms with Crippen molar-refractivity contribution in [2.45, 2.75) is 84.0 Å². The van der Waals surface area contributed by atoms with Gasteiger partial charge in [0.1, 0.15) is 18.1 Å². The lowest BCUT2D eigenvalue weighted by atomic mass is 9.96. The summed E-state index contributed by atoms with van der Waals surface area (Å²) in [6.07, 6.45) is 2.12. The number of carbonyl (C=O) groups is 4. The number of guanidine groups is 1. The second-order valence-electron chi connectivity index (χ2n) is 9.18. The molecule has 1 saturated heterocycles. The van der Waals surface area contributed by atoms with Gasteiger partial charge in [-0.15, -0.1) is 0 Å². The predicted octanol–water partition coefficient (Wildman–Crippen LogP) is -0.885. The van der Waals surface area contributed by atoms with Gasteiger partial charge in [-0.2, -0.15) is 0 Å². The fourth-order valence-electron chi connectivity index (χ4n) is 3.76. The number of hydrogen-bond donors (Lipinski definition) is 6. The minimum absolute atomic E-state index is 0.0848. The maximum atomic E-state index is 13.3. The van der Waals surface area contributed by atoms with Gasteiger partial charge in [0.2, 0.25) is 17.7 Å². The number of likely N-dealkylation sites (tertiary alicyclic amines) is 1. The minimum atomic E-state index is -1.08. The number of nitrogens with two attached hydrogens (primary N) is 3. The van der Waals surface area contributed by atoms with Crippen LogP contribution in [0.25, 0.3) is 0 Å². The summed E-state index contributed by atoms with van der Waals surface area (Å²) in [5, 5.41) is 14.9. The van der Waals surface area contributed by atoms with E-state index in [0.717, 1.165) is 0 Å². The van der Waals surface area contributed by atoms with Gasteiger partial charge in [-0.05, 0) is 37.5 Å². The van der Waals surface area contributed by atoms with Crippen LogP contribution in [0.1, 0.15) is 59.8 Å². The molecule has 9 N–H and O–H groups in total. The minimum Gasteiger partial charge on any atom is -0.480 e. The molecular weight excluding hydrogens is 442 g/mol. The third kappa shape index (κ3) is 8.47. The number of aliphatic carboxylic acids is 1. The zero-order chi connectivity index (χ0) is 26.0. The smallest absolute Gasteiger partial charge is 0.326 e. The van der Waals surface area contributed by atoms with E-state index in [0.29, 0.717) is 32.2 Å². The van der Waals surface area contributed by atoms with Gasteiger partial charge in [0, 0.05) is 13.1 Å². The van der Waals surface area contributed by atoms with Gasteiger partial charge in [-0.25, -0.2) is 4.79 Å². The fraction of sp³-hybridized carbons (Fsp3) is 0.773. The molecule has 0 aromatic heterocycles. The highest BCUT2D eigenvalue weighted by molar-refractivity contribution is 5.94. The summed E-state index contributed by atoms with van der Waals surface area (Å²) in [7, 11) is 0. The maximum absolute atomic E-state index is 13.3. The SMILES string of the molecule is CCC(C)C(NC(=O)C(N)C(C)C)C(=O)NC(CCCN=C(N)N)C(=O)N1CCCC1C(=O)O. The summed E-state index contributed by atoms with van der Waals surface area (Å²) in [6, 6.07) is -3.59. The quantitative estimate of drug-likeness (QED) is 0.110. The van der Waals surface area contributed by atoms with Crippen LogP contribution in [-0.2, 0) is 19.2 Å². The molecule has 3 amide bonds. The highest BCUT2D eigenvalue weighted by Gasteiger charge is 2.38. The normalized spacial score (nSPS) is 19.1. The fourth-order valence-corrected chi connectivity index (χ4v) is 3.76. The van der Waals surface area contributed by atoms with E-state index in [4.69, 9.17) is 17.2 Å². The average molecular weight is 484 g/mol. The van der Waals surface area contributed by atoms with E-state index in [1.165, 1.54) is 4.90 Å². The number of carbonyl (C=O) groups excluding carboxylic acids is 3. The Kier molecular flexibility index (Phi) is 11.8. The Bertz CT molecular complexity index is 754. The molecule has 1 fully saturated rings. The predicted molar refractivity (Wildman–Crippen MR) is 128 cm³/mol. The van der Waals surface area contributed by atoms with E-state index in [-0.39, 0.29) is 30.8 Å². The van der Waals surface area contributed by atoms with Crippen molar-refractivity contribution < 1.29 is 24.3 Å². The molecule has 5 atom stereocenters. The third-order valence-corrected chi connectivity index (χ3v) is 6.20. The van der Waals surface area contributed by atoms with Gasteiger partial charge in [0.05, 0.1) is 6.04 Å². The van der Waals surface area contributed by atoms with E-state index in [2.05, 4.69) is 15.6 Å². The van der Waals surface area contributed by atoms with Crippen LogP contribution in [0.15, 0.2) is 4.99 Å². The highest BCUT2D eigenvalue weighted by atomic mass is 16.4. The lowest BCUT2D eigenvalue weighted by Gasteiger charge is -2.30. The summed E-state index contributed by atoms with van der Waals surface area (Å²) < 4.78 is 0. The summed E-state index contributed by atoms with van der Waals surface area (Å²) in [5.41, 5.74) is 16.6. The Labute approximate surface area is 201 Å². The Morgan fingerprint density at radius 3 is 2.29 bits per heavy atom. The summed E-state index contributed by atoms with van der Waals surface area (Å²) in [4.78, 5) is 55.8. The molecule has 0 saturated carbocycles. The molecule has 12 nitrogen and oxygen atoms in total. The van der Waals surface area contributed by atoms with Crippen molar-refractivity contribution in [2.24, 2.45) is 34.0 Å². The molecule has 1 rings (SSSR count). The van der Waals surface area contributed by atoms with Crippen LogP contribution in [0.2, 0.25) is 0 Å². The standard InChI is InChI=1S/C22H41N7O5/c1-5-13(4)17(28-18(30)16(23)12(2)3)19(31)27-14(8-6-10-26-22(24)25)20(32)29-11-7-9-15(29)21(33)34/h12-17H,5-11,23H2,1-4H3,(H,27,31)(H,28,30)(H,33,34)(H4,24,25,26). The number of nitrogens with one attached hydrogen (secondary N) is 2. The van der Waals surface area contributed by atoms with Crippen LogP contribution in [0.3, 0.4) is 0 Å². The average Bonchev–Trinajstić information content (AvgIpc) is 3.27. The number of hydrogen-bond acceptors (Lipinski definition) is 6. The van der Waals surface area contributed by atoms with Crippen LogP contribution in [0.4, 0.5) is 0 Å². The molecule has 5 unspecified atom stereocenters. The molecule has 1 heterocycles. The van der Waals surface area contributed by atoms with E-state index in [1.807, 2.05) is 27.7 Å². The Hall–Kier alpha value is -2.89. The molecule has 0 aromatic carbocycles. The van der Waals surface area contributed by atoms with Gasteiger partial charge in [0.15, 0.2) is 5.96 Å². The molecule has 1 aliphatic rings. The number of amides is 3. The van der Waals surface area contributed by atoms with Gasteiger partial charge < -0.3 is 37.8 Å². The largest absolute Gasteiger partial charge is 0.480 e. The third-order valence-electron chi connectivity index (χ3n) is 6.20. The van der Waals surface area contributed by atoms with Crippen LogP contribution in [0, 0.1) is 11.8 Å². The van der Waals surface area contributed by atoms with Gasteiger partial charge >= 0.3 is 5.97 Å². The van der Waals surface area contributed by atoms with E-state index in [9.17, 15) is 24.3 Å². The zero-order valence-corrected chi connectivity index (χ0v) is 20.6. The number of carboxylic acid groups (broad SMARTS) is 1. The summed E-state index contributed by atoms with van der Waals surface area (Å²) >= 11 is 0. The number of nitrogens with zero attached hydrogens (tertiary/aromatic N) is 2. The van der Waals surface area contributed by atoms with Gasteiger partial charge in [0.25, 0.3) is 0 Å². The number of aliphatic imine (C=N–C) groups is 1. The monoisotopic (exact) mass is 483 g/mol. The number of carboxylic acids is 1. The lowest BCUT2D eigenvalue weighted by molar-refractivity contribution is -0.149. The molecule has 0 aliphatic carbocycles. The first-order valence-electron chi connectivity index (χ1n) is 11.9. The van der Waals surface area contributed by atoms with Crippen molar-refractivity contribution in [3.05, 3.63) is 0 Å². The van der Waals surface area contributed by atoms with Crippen LogP contribution in [-0.4, -0.2) is 76.9 Å². The van der Waals surface area contributed by atoms with E-state index >= 15 is 0 Å². The molecule has 0 aromatic rings. The van der Waals surface area contributed by atoms with Gasteiger partial charge in [-0.1, -0.05) is 34.1 Å². The van der Waals surface area contributed by atoms with Crippen molar-refractivity contribution in [3.8, 4) is 0 Å². The molecular formula is C22H41N7O5. The summed E-state index contributed by atoms with van der Waals surface area (Å²) in [5.74, 6) is -2.95. The Morgan fingerprint density at radius 2 is 1.76 bits per heavy atom. The Balaban J connectivity index is 3.07. The van der Waals surface area contributed by atoms with Crippen LogP contribution in [0.5, 0.6) is 0 Å². The van der Waals surface area contributed by atoms with Crippen molar-refractivity contribution in [2.75, 3.05) is 13.1 Å². The lowest BCUT2D eigenvalue weighted by Crippen LogP contribution is -2.59. The van der Waals surface area contributed by atoms with Crippen molar-refractivity contribution in [1.82, 2.24) is 15.5 Å². The second kappa shape index (κ2) is 13.7. The molecule has 12 heteroatoms. The van der Waals surface area contributed by atoms with E-state index in [1.54, 1.807) is 0 Å². The molecule has 194 valence electrons. The van der Waals surface area contributed by atoms with Gasteiger partial charge in [-0.3, -0.25) is 19.4 Å². The van der Waals surface area contributed by atoms with E-state index < -0.39 is 47.9 Å². The summed E-state index contributed by atoms with van der Waals surface area (Å²) in [6.45, 7) is 7.87. The maximum Gasteiger partial charge on any atom is 0.326 e. The highest BCUT2D eigenvalue weighted by Crippen LogP contribution is 2.20. The molecule has 0 bridgehead atoms. The van der Waals surface area contributed by atoms with Crippen molar-refractivity contribution in [1.29, 1.82) is 0 Å². The number of rotatable bonds is 13. The first-order valence-corrected chi connectivity index (χ1v) is 11.9. The first kappa shape index (κ1) is 29.1. The first-order chi connectivity index (χ1) is 15.9. The second-order valence-corrected chi connectivity index (χ2v) is 9.18. The molecule has 0 radical (unpaired) electrons. The van der Waals surface area contributed by atoms with Crippen molar-refractivity contribution >= 4 is 29.7 Å². The van der Waals surface area contributed by atoms with Crippen molar-refractivity contribution in [3.63, 3.8) is 0 Å². The van der Waals surface area contributed by atoms with Crippen LogP contribution < -0.4 is 27.8 Å². The molecule has 1 aliphatic heterocycles. The van der Waals surface area contributed by atoms with Crippen LogP contribution >= 0.6 is 0 Å². The molecule has 34 heavy (non-hydrogen) atoms. The zero-order valence-electron chi connectivity index (χ0n) is 20.6. The Morgan fingerprint density at radius 1 is 1.12 bits per heavy atom. The topological polar surface area (TPSA) is 206 Å².